The molecule has 0 heterocycles. The van der Waals surface area contributed by atoms with Gasteiger partial charge in [-0.15, -0.1) is 0 Å². The van der Waals surface area contributed by atoms with Gasteiger partial charge >= 0.3 is 0 Å². The van der Waals surface area contributed by atoms with Gasteiger partial charge < -0.3 is 15.2 Å². The average Bonchev–Trinajstić information content (AvgIpc) is 2.45. The Bertz CT molecular complexity index is 621. The highest BCUT2D eigenvalue weighted by atomic mass is 16.5. The number of hydrogen-bond donors (Lipinski definition) is 1. The fourth-order valence-electron chi connectivity index (χ4n) is 2.32. The number of rotatable bonds is 5. The lowest BCUT2D eigenvalue weighted by molar-refractivity contribution is 0.292. The third-order valence-corrected chi connectivity index (χ3v) is 3.48. The number of ether oxygens (including phenoxy) is 2. The summed E-state index contributed by atoms with van der Waals surface area (Å²) in [7, 11) is 1.67. The van der Waals surface area contributed by atoms with E-state index in [1.165, 1.54) is 5.56 Å². The van der Waals surface area contributed by atoms with Gasteiger partial charge in [-0.2, -0.15) is 0 Å². The van der Waals surface area contributed by atoms with E-state index in [0.29, 0.717) is 6.61 Å². The zero-order valence-corrected chi connectivity index (χ0v) is 13.1. The molecule has 3 heteroatoms. The molecule has 0 aliphatic carbocycles. The second-order valence-corrected chi connectivity index (χ2v) is 5.43. The lowest BCUT2D eigenvalue weighted by Gasteiger charge is -2.16. The Labute approximate surface area is 126 Å². The van der Waals surface area contributed by atoms with Gasteiger partial charge in [0, 0.05) is 17.2 Å². The van der Waals surface area contributed by atoms with Gasteiger partial charge in [-0.05, 0) is 44.5 Å². The molecule has 0 aromatic heterocycles. The van der Waals surface area contributed by atoms with Crippen molar-refractivity contribution in [2.24, 2.45) is 5.73 Å². The van der Waals surface area contributed by atoms with Gasteiger partial charge in [-0.25, -0.2) is 0 Å². The molecular formula is C18H23NO2. The largest absolute Gasteiger partial charge is 0.496 e. The van der Waals surface area contributed by atoms with Crippen LogP contribution in [0.15, 0.2) is 36.4 Å². The minimum Gasteiger partial charge on any atom is -0.496 e. The SMILES string of the molecule is COc1ccc(C)cc1COc1cc(C)ccc1[C@H](C)N. The predicted octanol–water partition coefficient (Wildman–Crippen LogP) is 3.91. The van der Waals surface area contributed by atoms with Crippen LogP contribution in [0.3, 0.4) is 0 Å². The fourth-order valence-corrected chi connectivity index (χ4v) is 2.32. The highest BCUT2D eigenvalue weighted by Gasteiger charge is 2.10. The van der Waals surface area contributed by atoms with Gasteiger partial charge in [0.2, 0.25) is 0 Å². The smallest absolute Gasteiger partial charge is 0.125 e. The fraction of sp³-hybridized carbons (Fsp3) is 0.333. The van der Waals surface area contributed by atoms with Gasteiger partial charge in [0.1, 0.15) is 18.1 Å². The van der Waals surface area contributed by atoms with Crippen molar-refractivity contribution in [3.63, 3.8) is 0 Å². The average molecular weight is 285 g/mol. The minimum atomic E-state index is -0.0556. The Balaban J connectivity index is 2.24. The van der Waals surface area contributed by atoms with Gasteiger partial charge in [-0.1, -0.05) is 23.8 Å². The van der Waals surface area contributed by atoms with Crippen molar-refractivity contribution in [1.82, 2.24) is 0 Å². The van der Waals surface area contributed by atoms with Crippen LogP contribution in [0, 0.1) is 13.8 Å². The van der Waals surface area contributed by atoms with Crippen LogP contribution in [-0.4, -0.2) is 7.11 Å². The summed E-state index contributed by atoms with van der Waals surface area (Å²) in [6.07, 6.45) is 0. The lowest BCUT2D eigenvalue weighted by Crippen LogP contribution is -2.08. The number of aryl methyl sites for hydroxylation is 2. The Hall–Kier alpha value is -2.00. The van der Waals surface area contributed by atoms with Gasteiger partial charge in [0.05, 0.1) is 7.11 Å². The van der Waals surface area contributed by atoms with Crippen LogP contribution in [-0.2, 0) is 6.61 Å². The molecule has 112 valence electrons. The van der Waals surface area contributed by atoms with E-state index in [0.717, 1.165) is 28.2 Å². The summed E-state index contributed by atoms with van der Waals surface area (Å²) in [6, 6.07) is 12.1. The third-order valence-electron chi connectivity index (χ3n) is 3.48. The van der Waals surface area contributed by atoms with Gasteiger partial charge in [0.25, 0.3) is 0 Å². The standard InChI is InChI=1S/C18H23NO2/c1-12-6-8-17(20-4)15(9-12)11-21-18-10-13(2)5-7-16(18)14(3)19/h5-10,14H,11,19H2,1-4H3/t14-/m0/s1. The predicted molar refractivity (Wildman–Crippen MR) is 85.8 cm³/mol. The van der Waals surface area contributed by atoms with Crippen molar-refractivity contribution in [3.8, 4) is 11.5 Å². The second kappa shape index (κ2) is 6.64. The summed E-state index contributed by atoms with van der Waals surface area (Å²) in [6.45, 7) is 6.53. The van der Waals surface area contributed by atoms with Crippen LogP contribution in [0.1, 0.15) is 35.2 Å². The Kier molecular flexibility index (Phi) is 4.86. The molecule has 0 radical (unpaired) electrons. The van der Waals surface area contributed by atoms with Crippen LogP contribution in [0.4, 0.5) is 0 Å². The van der Waals surface area contributed by atoms with Crippen LogP contribution >= 0.6 is 0 Å². The highest BCUT2D eigenvalue weighted by molar-refractivity contribution is 5.40. The van der Waals surface area contributed by atoms with Gasteiger partial charge in [0.15, 0.2) is 0 Å². The molecule has 2 aromatic rings. The van der Waals surface area contributed by atoms with E-state index in [-0.39, 0.29) is 6.04 Å². The molecule has 0 amide bonds. The third kappa shape index (κ3) is 3.76. The number of hydrogen-bond acceptors (Lipinski definition) is 3. The van der Waals surface area contributed by atoms with E-state index < -0.39 is 0 Å². The molecule has 0 aliphatic heterocycles. The minimum absolute atomic E-state index is 0.0556. The molecule has 0 bridgehead atoms. The summed E-state index contributed by atoms with van der Waals surface area (Å²) in [4.78, 5) is 0. The van der Waals surface area contributed by atoms with E-state index in [4.69, 9.17) is 15.2 Å². The zero-order valence-electron chi connectivity index (χ0n) is 13.1. The number of benzene rings is 2. The van der Waals surface area contributed by atoms with E-state index >= 15 is 0 Å². The Morgan fingerprint density at radius 3 is 2.33 bits per heavy atom. The van der Waals surface area contributed by atoms with Crippen LogP contribution in [0.2, 0.25) is 0 Å². The second-order valence-electron chi connectivity index (χ2n) is 5.43. The Morgan fingerprint density at radius 2 is 1.67 bits per heavy atom. The van der Waals surface area contributed by atoms with Crippen LogP contribution in [0.5, 0.6) is 11.5 Å². The zero-order chi connectivity index (χ0) is 15.4. The van der Waals surface area contributed by atoms with Crippen LogP contribution < -0.4 is 15.2 Å². The molecule has 0 unspecified atom stereocenters. The maximum absolute atomic E-state index is 6.01. The van der Waals surface area contributed by atoms with Gasteiger partial charge in [-0.3, -0.25) is 0 Å². The van der Waals surface area contributed by atoms with Crippen molar-refractivity contribution in [3.05, 3.63) is 58.7 Å². The molecule has 1 atom stereocenters. The van der Waals surface area contributed by atoms with Crippen LogP contribution in [0.25, 0.3) is 0 Å². The molecule has 0 saturated heterocycles. The van der Waals surface area contributed by atoms with E-state index in [9.17, 15) is 0 Å². The summed E-state index contributed by atoms with van der Waals surface area (Å²) in [5.74, 6) is 1.68. The summed E-state index contributed by atoms with van der Waals surface area (Å²) in [5, 5.41) is 0. The Morgan fingerprint density at radius 1 is 1.00 bits per heavy atom. The highest BCUT2D eigenvalue weighted by Crippen LogP contribution is 2.27. The first kappa shape index (κ1) is 15.4. The maximum Gasteiger partial charge on any atom is 0.125 e. The summed E-state index contributed by atoms with van der Waals surface area (Å²) >= 11 is 0. The first-order valence-electron chi connectivity index (χ1n) is 7.13. The molecule has 0 fully saturated rings. The van der Waals surface area contributed by atoms with Crippen molar-refractivity contribution >= 4 is 0 Å². The maximum atomic E-state index is 6.01. The summed E-state index contributed by atoms with van der Waals surface area (Å²) < 4.78 is 11.4. The molecule has 2 rings (SSSR count). The van der Waals surface area contributed by atoms with Crippen molar-refractivity contribution in [1.29, 1.82) is 0 Å². The quantitative estimate of drug-likeness (QED) is 0.905. The summed E-state index contributed by atoms with van der Waals surface area (Å²) in [5.41, 5.74) is 10.4. The van der Waals surface area contributed by atoms with E-state index in [1.54, 1.807) is 7.11 Å². The monoisotopic (exact) mass is 285 g/mol. The molecule has 3 nitrogen and oxygen atoms in total. The topological polar surface area (TPSA) is 44.5 Å². The molecule has 0 spiro atoms. The number of methoxy groups -OCH3 is 1. The lowest BCUT2D eigenvalue weighted by atomic mass is 10.1. The van der Waals surface area contributed by atoms with Crippen molar-refractivity contribution in [2.75, 3.05) is 7.11 Å². The molecule has 2 N–H and O–H groups in total. The first-order valence-corrected chi connectivity index (χ1v) is 7.13. The molecular weight excluding hydrogens is 262 g/mol. The molecule has 21 heavy (non-hydrogen) atoms. The van der Waals surface area contributed by atoms with E-state index in [2.05, 4.69) is 19.1 Å². The normalized spacial score (nSPS) is 12.0. The first-order chi connectivity index (χ1) is 10.0. The molecule has 0 aliphatic rings. The number of nitrogens with two attached hydrogens (primary N) is 1. The van der Waals surface area contributed by atoms with E-state index in [1.807, 2.05) is 38.1 Å². The molecule has 2 aromatic carbocycles. The van der Waals surface area contributed by atoms with Crippen molar-refractivity contribution in [2.45, 2.75) is 33.4 Å². The van der Waals surface area contributed by atoms with Crippen molar-refractivity contribution < 1.29 is 9.47 Å². The molecule has 0 saturated carbocycles.